The van der Waals surface area contributed by atoms with Gasteiger partial charge in [-0.25, -0.2) is 0 Å². The Bertz CT molecular complexity index is 248. The highest BCUT2D eigenvalue weighted by Crippen LogP contribution is 2.29. The van der Waals surface area contributed by atoms with Crippen LogP contribution in [0.4, 0.5) is 0 Å². The number of hydrazone groups is 1. The van der Waals surface area contributed by atoms with Crippen LogP contribution in [-0.4, -0.2) is 27.2 Å². The Morgan fingerprint density at radius 1 is 1.24 bits per heavy atom. The van der Waals surface area contributed by atoms with Crippen LogP contribution in [0.15, 0.2) is 5.10 Å². The van der Waals surface area contributed by atoms with Crippen molar-refractivity contribution in [3.05, 3.63) is 0 Å². The second kappa shape index (κ2) is 6.81. The molecule has 4 heteroatoms. The van der Waals surface area contributed by atoms with Gasteiger partial charge in [-0.15, -0.1) is 0 Å². The van der Waals surface area contributed by atoms with Crippen molar-refractivity contribution in [2.24, 2.45) is 10.5 Å². The molecule has 0 saturated heterocycles. The maximum Gasteiger partial charge on any atom is 0.128 e. The smallest absolute Gasteiger partial charge is 0.128 e. The molecule has 3 nitrogen and oxygen atoms in total. The van der Waals surface area contributed by atoms with Crippen molar-refractivity contribution in [3.8, 4) is 0 Å². The van der Waals surface area contributed by atoms with E-state index in [0.29, 0.717) is 11.6 Å². The number of hydrogen-bond acceptors (Lipinski definition) is 3. The topological polar surface area (TPSA) is 18.8 Å². The minimum absolute atomic E-state index is 0.351. The second-order valence-corrected chi connectivity index (χ2v) is 7.16. The SMILES string of the molecule is CCCCCCN1N=CN(I)C1CC(C)(C)C. The summed E-state index contributed by atoms with van der Waals surface area (Å²) in [5.74, 6) is 0. The molecule has 1 unspecified atom stereocenters. The van der Waals surface area contributed by atoms with Crippen LogP contribution >= 0.6 is 22.9 Å². The van der Waals surface area contributed by atoms with Gasteiger partial charge in [-0.1, -0.05) is 47.0 Å². The van der Waals surface area contributed by atoms with Crippen LogP contribution in [-0.2, 0) is 0 Å². The minimum Gasteiger partial charge on any atom is -0.280 e. The normalized spacial score (nSPS) is 20.4. The van der Waals surface area contributed by atoms with Gasteiger partial charge < -0.3 is 0 Å². The van der Waals surface area contributed by atoms with Crippen LogP contribution in [0.2, 0.25) is 0 Å². The molecule has 1 aliphatic heterocycles. The molecule has 1 rings (SSSR count). The first kappa shape index (κ1) is 15.1. The Morgan fingerprint density at radius 3 is 2.53 bits per heavy atom. The molecular weight excluding hydrogens is 325 g/mol. The van der Waals surface area contributed by atoms with Gasteiger partial charge in [0.15, 0.2) is 0 Å². The predicted molar refractivity (Wildman–Crippen MR) is 83.1 cm³/mol. The fraction of sp³-hybridized carbons (Fsp3) is 0.923. The number of hydrogen-bond donors (Lipinski definition) is 0. The Kier molecular flexibility index (Phi) is 6.03. The Labute approximate surface area is 120 Å². The van der Waals surface area contributed by atoms with Crippen LogP contribution in [0, 0.1) is 5.41 Å². The molecule has 17 heavy (non-hydrogen) atoms. The van der Waals surface area contributed by atoms with E-state index in [4.69, 9.17) is 0 Å². The molecule has 0 radical (unpaired) electrons. The molecule has 0 saturated carbocycles. The summed E-state index contributed by atoms with van der Waals surface area (Å²) in [5.41, 5.74) is 0.351. The minimum atomic E-state index is 0.351. The second-order valence-electron chi connectivity index (χ2n) is 6.04. The Hall–Kier alpha value is 0. The fourth-order valence-corrected chi connectivity index (χ4v) is 2.64. The number of nitrogens with zero attached hydrogens (tertiary/aromatic N) is 3. The lowest BCUT2D eigenvalue weighted by Gasteiger charge is -2.32. The van der Waals surface area contributed by atoms with Crippen LogP contribution in [0.25, 0.3) is 0 Å². The third-order valence-corrected chi connectivity index (χ3v) is 3.87. The molecular formula is C13H26IN3. The fourth-order valence-electron chi connectivity index (χ4n) is 2.04. The summed E-state index contributed by atoms with van der Waals surface area (Å²) >= 11 is 2.36. The van der Waals surface area contributed by atoms with Crippen LogP contribution in [0.3, 0.4) is 0 Å². The number of unbranched alkanes of at least 4 members (excludes halogenated alkanes) is 3. The summed E-state index contributed by atoms with van der Waals surface area (Å²) in [6.45, 7) is 10.2. The van der Waals surface area contributed by atoms with Gasteiger partial charge in [-0.05, 0) is 18.3 Å². The summed E-state index contributed by atoms with van der Waals surface area (Å²) in [6.07, 6.45) is 8.78. The summed E-state index contributed by atoms with van der Waals surface area (Å²) in [7, 11) is 0. The highest BCUT2D eigenvalue weighted by Gasteiger charge is 2.30. The van der Waals surface area contributed by atoms with Crippen molar-refractivity contribution in [3.63, 3.8) is 0 Å². The van der Waals surface area contributed by atoms with Gasteiger partial charge in [0.2, 0.25) is 0 Å². The zero-order valence-electron chi connectivity index (χ0n) is 11.6. The molecule has 0 N–H and O–H groups in total. The van der Waals surface area contributed by atoms with Gasteiger partial charge in [0.1, 0.15) is 12.5 Å². The predicted octanol–water partition coefficient (Wildman–Crippen LogP) is 4.24. The van der Waals surface area contributed by atoms with E-state index in [1.54, 1.807) is 0 Å². The first-order chi connectivity index (χ1) is 7.94. The first-order valence-corrected chi connectivity index (χ1v) is 7.65. The van der Waals surface area contributed by atoms with Gasteiger partial charge in [-0.3, -0.25) is 8.12 Å². The van der Waals surface area contributed by atoms with E-state index in [9.17, 15) is 0 Å². The number of halogens is 1. The molecule has 0 spiro atoms. The van der Waals surface area contributed by atoms with Crippen molar-refractivity contribution in [2.45, 2.75) is 66.0 Å². The monoisotopic (exact) mass is 351 g/mol. The van der Waals surface area contributed by atoms with E-state index in [1.165, 1.54) is 25.7 Å². The zero-order chi connectivity index (χ0) is 12.9. The lowest BCUT2D eigenvalue weighted by atomic mass is 9.90. The van der Waals surface area contributed by atoms with Crippen molar-refractivity contribution < 1.29 is 0 Å². The van der Waals surface area contributed by atoms with Gasteiger partial charge in [0.05, 0.1) is 22.9 Å². The lowest BCUT2D eigenvalue weighted by Crippen LogP contribution is -2.38. The molecule has 1 heterocycles. The molecule has 100 valence electrons. The van der Waals surface area contributed by atoms with Crippen molar-refractivity contribution in [1.29, 1.82) is 0 Å². The molecule has 0 aromatic heterocycles. The largest absolute Gasteiger partial charge is 0.280 e. The molecule has 0 aromatic carbocycles. The summed E-state index contributed by atoms with van der Waals surface area (Å²) in [6, 6.07) is 0. The lowest BCUT2D eigenvalue weighted by molar-refractivity contribution is 0.133. The molecule has 0 bridgehead atoms. The zero-order valence-corrected chi connectivity index (χ0v) is 13.8. The average Bonchev–Trinajstić information content (AvgIpc) is 2.54. The van der Waals surface area contributed by atoms with Crippen molar-refractivity contribution in [1.82, 2.24) is 8.12 Å². The molecule has 1 atom stereocenters. The van der Waals surface area contributed by atoms with E-state index in [0.717, 1.165) is 13.0 Å². The molecule has 0 aliphatic carbocycles. The van der Waals surface area contributed by atoms with Gasteiger partial charge >= 0.3 is 0 Å². The first-order valence-electron chi connectivity index (χ1n) is 6.69. The Morgan fingerprint density at radius 2 is 1.94 bits per heavy atom. The van der Waals surface area contributed by atoms with Crippen LogP contribution < -0.4 is 0 Å². The van der Waals surface area contributed by atoms with E-state index in [1.807, 2.05) is 6.34 Å². The van der Waals surface area contributed by atoms with E-state index in [-0.39, 0.29) is 0 Å². The molecule has 0 amide bonds. The van der Waals surface area contributed by atoms with Crippen molar-refractivity contribution in [2.75, 3.05) is 6.54 Å². The molecule has 0 fully saturated rings. The third kappa shape index (κ3) is 5.44. The van der Waals surface area contributed by atoms with E-state index < -0.39 is 0 Å². The molecule has 1 aliphatic rings. The highest BCUT2D eigenvalue weighted by molar-refractivity contribution is 14.1. The summed E-state index contributed by atoms with van der Waals surface area (Å²) < 4.78 is 2.21. The van der Waals surface area contributed by atoms with Gasteiger partial charge in [-0.2, -0.15) is 5.10 Å². The maximum atomic E-state index is 4.51. The third-order valence-electron chi connectivity index (χ3n) is 2.97. The quantitative estimate of drug-likeness (QED) is 0.405. The van der Waals surface area contributed by atoms with E-state index in [2.05, 4.69) is 63.8 Å². The van der Waals surface area contributed by atoms with Gasteiger partial charge in [0, 0.05) is 6.54 Å². The van der Waals surface area contributed by atoms with Crippen LogP contribution in [0.5, 0.6) is 0 Å². The van der Waals surface area contributed by atoms with E-state index >= 15 is 0 Å². The van der Waals surface area contributed by atoms with Crippen molar-refractivity contribution >= 4 is 29.2 Å². The standard InChI is InChI=1S/C13H26IN3/c1-5-6-7-8-9-17-12(10-13(2,3)4)16(14)11-15-17/h11-12H,5-10H2,1-4H3. The maximum absolute atomic E-state index is 4.51. The number of rotatable bonds is 6. The Balaban J connectivity index is 2.39. The van der Waals surface area contributed by atoms with Crippen LogP contribution in [0.1, 0.15) is 59.8 Å². The molecule has 0 aromatic rings. The highest BCUT2D eigenvalue weighted by atomic mass is 127. The average molecular weight is 351 g/mol. The summed E-state index contributed by atoms with van der Waals surface area (Å²) in [5, 5.41) is 6.76. The van der Waals surface area contributed by atoms with Gasteiger partial charge in [0.25, 0.3) is 0 Å². The summed E-state index contributed by atoms with van der Waals surface area (Å²) in [4.78, 5) is 0.